The third-order valence-electron chi connectivity index (χ3n) is 2.74. The highest BCUT2D eigenvalue weighted by molar-refractivity contribution is 7.23. The maximum atomic E-state index is 4.63. The fraction of sp³-hybridized carbons (Fsp3) is 0.0714. The second kappa shape index (κ2) is 3.86. The first kappa shape index (κ1) is 10.3. The summed E-state index contributed by atoms with van der Waals surface area (Å²) in [5, 5.41) is 0. The lowest BCUT2D eigenvalue weighted by atomic mass is 10.3. The standard InChI is InChI=1S/C14H12N2S/c1-3-7-10-11(4-2)16-12-8-5-6-9-13(12)17-14(16)15-10/h3-9H,2H2,1H3/b7-3-. The van der Waals surface area contributed by atoms with Crippen LogP contribution in [0, 0.1) is 0 Å². The van der Waals surface area contributed by atoms with E-state index in [1.54, 1.807) is 11.3 Å². The van der Waals surface area contributed by atoms with E-state index in [4.69, 9.17) is 0 Å². The first-order valence-electron chi connectivity index (χ1n) is 5.50. The smallest absolute Gasteiger partial charge is 0.195 e. The molecule has 0 radical (unpaired) electrons. The molecule has 0 aliphatic carbocycles. The number of hydrogen-bond acceptors (Lipinski definition) is 2. The summed E-state index contributed by atoms with van der Waals surface area (Å²) in [4.78, 5) is 5.66. The quantitative estimate of drug-likeness (QED) is 0.655. The Morgan fingerprint density at radius 2 is 2.18 bits per heavy atom. The number of aromatic nitrogens is 2. The van der Waals surface area contributed by atoms with Crippen LogP contribution in [0.5, 0.6) is 0 Å². The molecule has 0 aliphatic heterocycles. The Morgan fingerprint density at radius 1 is 1.35 bits per heavy atom. The number of allylic oxidation sites excluding steroid dienone is 1. The molecule has 84 valence electrons. The number of para-hydroxylation sites is 1. The van der Waals surface area contributed by atoms with Crippen LogP contribution in [0.2, 0.25) is 0 Å². The molecular formula is C14H12N2S. The van der Waals surface area contributed by atoms with E-state index in [1.807, 2.05) is 25.2 Å². The summed E-state index contributed by atoms with van der Waals surface area (Å²) in [5.41, 5.74) is 3.25. The van der Waals surface area contributed by atoms with Gasteiger partial charge in [-0.25, -0.2) is 4.98 Å². The van der Waals surface area contributed by atoms with Gasteiger partial charge < -0.3 is 0 Å². The Balaban J connectivity index is 2.48. The largest absolute Gasteiger partial charge is 0.283 e. The van der Waals surface area contributed by atoms with E-state index in [-0.39, 0.29) is 0 Å². The van der Waals surface area contributed by atoms with Crippen molar-refractivity contribution in [2.45, 2.75) is 6.92 Å². The number of nitrogens with zero attached hydrogens (tertiary/aromatic N) is 2. The van der Waals surface area contributed by atoms with E-state index < -0.39 is 0 Å². The van der Waals surface area contributed by atoms with Gasteiger partial charge in [-0.05, 0) is 31.2 Å². The zero-order chi connectivity index (χ0) is 11.8. The number of thiazole rings is 1. The summed E-state index contributed by atoms with van der Waals surface area (Å²) in [6, 6.07) is 8.35. The van der Waals surface area contributed by atoms with Gasteiger partial charge in [0.15, 0.2) is 4.96 Å². The number of rotatable bonds is 2. The minimum Gasteiger partial charge on any atom is -0.283 e. The van der Waals surface area contributed by atoms with Crippen molar-refractivity contribution in [2.24, 2.45) is 0 Å². The maximum Gasteiger partial charge on any atom is 0.195 e. The first-order valence-corrected chi connectivity index (χ1v) is 6.32. The van der Waals surface area contributed by atoms with E-state index in [0.717, 1.165) is 16.3 Å². The van der Waals surface area contributed by atoms with Crippen molar-refractivity contribution in [1.29, 1.82) is 0 Å². The van der Waals surface area contributed by atoms with Gasteiger partial charge in [0.2, 0.25) is 0 Å². The van der Waals surface area contributed by atoms with Crippen molar-refractivity contribution in [1.82, 2.24) is 9.38 Å². The van der Waals surface area contributed by atoms with Crippen molar-refractivity contribution < 1.29 is 0 Å². The minimum atomic E-state index is 0.986. The third-order valence-corrected chi connectivity index (χ3v) is 3.76. The predicted octanol–water partition coefficient (Wildman–Crippen LogP) is 4.23. The molecule has 0 amide bonds. The molecule has 0 saturated carbocycles. The van der Waals surface area contributed by atoms with Crippen LogP contribution in [0.1, 0.15) is 18.3 Å². The van der Waals surface area contributed by atoms with Crippen molar-refractivity contribution in [3.63, 3.8) is 0 Å². The van der Waals surface area contributed by atoms with Gasteiger partial charge in [0.25, 0.3) is 0 Å². The topological polar surface area (TPSA) is 17.3 Å². The SMILES string of the molecule is C=Cc1c(/C=C\C)nc2sc3ccccc3n12. The Labute approximate surface area is 104 Å². The van der Waals surface area contributed by atoms with Gasteiger partial charge in [0.1, 0.15) is 0 Å². The highest BCUT2D eigenvalue weighted by Crippen LogP contribution is 2.29. The van der Waals surface area contributed by atoms with Crippen LogP contribution >= 0.6 is 11.3 Å². The molecule has 0 atom stereocenters. The van der Waals surface area contributed by atoms with Crippen molar-refractivity contribution in [3.8, 4) is 0 Å². The fourth-order valence-corrected chi connectivity index (χ4v) is 3.07. The molecule has 2 heterocycles. The number of hydrogen-bond donors (Lipinski definition) is 0. The Morgan fingerprint density at radius 3 is 2.94 bits per heavy atom. The monoisotopic (exact) mass is 240 g/mol. The molecule has 1 aromatic carbocycles. The average Bonchev–Trinajstić information content (AvgIpc) is 2.84. The Hall–Kier alpha value is -1.87. The Bertz CT molecular complexity index is 731. The molecule has 2 aromatic heterocycles. The molecule has 0 aliphatic rings. The van der Waals surface area contributed by atoms with Gasteiger partial charge in [0.05, 0.1) is 21.6 Å². The molecule has 0 bridgehead atoms. The van der Waals surface area contributed by atoms with Crippen LogP contribution in [0.15, 0.2) is 36.9 Å². The molecule has 2 nitrogen and oxygen atoms in total. The molecule has 0 N–H and O–H groups in total. The maximum absolute atomic E-state index is 4.63. The molecule has 3 aromatic rings. The highest BCUT2D eigenvalue weighted by Gasteiger charge is 2.12. The van der Waals surface area contributed by atoms with Crippen LogP contribution in [-0.2, 0) is 0 Å². The molecular weight excluding hydrogens is 228 g/mol. The van der Waals surface area contributed by atoms with Crippen LogP contribution in [0.3, 0.4) is 0 Å². The van der Waals surface area contributed by atoms with Gasteiger partial charge in [-0.3, -0.25) is 4.40 Å². The summed E-state index contributed by atoms with van der Waals surface area (Å²) in [6.07, 6.45) is 5.89. The molecule has 0 fully saturated rings. The lowest BCUT2D eigenvalue weighted by Crippen LogP contribution is -1.85. The van der Waals surface area contributed by atoms with Crippen LogP contribution < -0.4 is 0 Å². The highest BCUT2D eigenvalue weighted by atomic mass is 32.1. The number of fused-ring (bicyclic) bond motifs is 3. The zero-order valence-electron chi connectivity index (χ0n) is 9.55. The molecule has 17 heavy (non-hydrogen) atoms. The normalized spacial score (nSPS) is 11.8. The zero-order valence-corrected chi connectivity index (χ0v) is 10.4. The summed E-state index contributed by atoms with van der Waals surface area (Å²) >= 11 is 1.71. The van der Waals surface area contributed by atoms with E-state index in [1.165, 1.54) is 10.2 Å². The number of benzene rings is 1. The van der Waals surface area contributed by atoms with Crippen molar-refractivity contribution in [2.75, 3.05) is 0 Å². The van der Waals surface area contributed by atoms with E-state index in [2.05, 4.69) is 40.2 Å². The van der Waals surface area contributed by atoms with Gasteiger partial charge in [-0.1, -0.05) is 36.1 Å². The summed E-state index contributed by atoms with van der Waals surface area (Å²) in [5.74, 6) is 0. The second-order valence-electron chi connectivity index (χ2n) is 3.77. The van der Waals surface area contributed by atoms with Gasteiger partial charge in [-0.2, -0.15) is 0 Å². The van der Waals surface area contributed by atoms with Gasteiger partial charge in [0, 0.05) is 0 Å². The third kappa shape index (κ3) is 1.43. The molecule has 3 heteroatoms. The first-order chi connectivity index (χ1) is 8.35. The lowest BCUT2D eigenvalue weighted by molar-refractivity contribution is 1.27. The lowest BCUT2D eigenvalue weighted by Gasteiger charge is -1.95. The molecule has 3 rings (SSSR count). The molecule has 0 saturated heterocycles. The summed E-state index contributed by atoms with van der Waals surface area (Å²) < 4.78 is 3.42. The van der Waals surface area contributed by atoms with Crippen molar-refractivity contribution in [3.05, 3.63) is 48.3 Å². The van der Waals surface area contributed by atoms with Crippen LogP contribution in [-0.4, -0.2) is 9.38 Å². The Kier molecular flexibility index (Phi) is 2.34. The van der Waals surface area contributed by atoms with E-state index in [0.29, 0.717) is 0 Å². The fourth-order valence-electron chi connectivity index (χ4n) is 2.03. The average molecular weight is 240 g/mol. The molecule has 0 spiro atoms. The van der Waals surface area contributed by atoms with Crippen molar-refractivity contribution >= 4 is 38.7 Å². The van der Waals surface area contributed by atoms with Crippen LogP contribution in [0.4, 0.5) is 0 Å². The molecule has 0 unspecified atom stereocenters. The number of imidazole rings is 1. The van der Waals surface area contributed by atoms with Gasteiger partial charge >= 0.3 is 0 Å². The van der Waals surface area contributed by atoms with E-state index in [9.17, 15) is 0 Å². The summed E-state index contributed by atoms with van der Waals surface area (Å²) in [6.45, 7) is 5.89. The minimum absolute atomic E-state index is 0.986. The summed E-state index contributed by atoms with van der Waals surface area (Å²) in [7, 11) is 0. The second-order valence-corrected chi connectivity index (χ2v) is 4.78. The van der Waals surface area contributed by atoms with E-state index >= 15 is 0 Å². The van der Waals surface area contributed by atoms with Crippen LogP contribution in [0.25, 0.3) is 27.3 Å². The van der Waals surface area contributed by atoms with Gasteiger partial charge in [-0.15, -0.1) is 0 Å². The predicted molar refractivity (Wildman–Crippen MR) is 75.4 cm³/mol.